The number of alkyl halides is 2. The first kappa shape index (κ1) is 15.1. The number of nitrogens with zero attached hydrogens (tertiary/aromatic N) is 4. The first-order chi connectivity index (χ1) is 10.6. The number of piperazine rings is 1. The standard InChI is InChI=1S/C14H14Cl2N4O2/c15-12(16)13(21)19-5-7-20(8-6-19)14-17-4-3-10(18-14)11-2-1-9-22-11/h1-4,9,12H,5-8H2. The molecule has 2 aromatic rings. The number of carbonyl (C=O) groups is 1. The maximum Gasteiger partial charge on any atom is 0.255 e. The number of hydrogen-bond acceptors (Lipinski definition) is 5. The smallest absolute Gasteiger partial charge is 0.255 e. The van der Waals surface area contributed by atoms with Crippen LogP contribution in [0.4, 0.5) is 5.95 Å². The zero-order valence-corrected chi connectivity index (χ0v) is 13.2. The van der Waals surface area contributed by atoms with Crippen molar-refractivity contribution in [1.82, 2.24) is 14.9 Å². The minimum atomic E-state index is -1.01. The van der Waals surface area contributed by atoms with Gasteiger partial charge < -0.3 is 14.2 Å². The van der Waals surface area contributed by atoms with Gasteiger partial charge in [0.05, 0.1) is 6.26 Å². The number of amides is 1. The van der Waals surface area contributed by atoms with E-state index in [0.29, 0.717) is 37.9 Å². The monoisotopic (exact) mass is 340 g/mol. The maximum atomic E-state index is 11.8. The first-order valence-electron chi connectivity index (χ1n) is 6.84. The highest BCUT2D eigenvalue weighted by Gasteiger charge is 2.26. The lowest BCUT2D eigenvalue weighted by Crippen LogP contribution is -2.50. The number of hydrogen-bond donors (Lipinski definition) is 0. The van der Waals surface area contributed by atoms with Gasteiger partial charge in [-0.3, -0.25) is 4.79 Å². The third kappa shape index (κ3) is 3.18. The minimum absolute atomic E-state index is 0.256. The molecule has 0 atom stereocenters. The highest BCUT2D eigenvalue weighted by atomic mass is 35.5. The molecule has 116 valence electrons. The van der Waals surface area contributed by atoms with E-state index in [1.807, 2.05) is 17.0 Å². The third-order valence-corrected chi connectivity index (χ3v) is 3.85. The van der Waals surface area contributed by atoms with Gasteiger partial charge in [-0.15, -0.1) is 0 Å². The zero-order chi connectivity index (χ0) is 15.5. The van der Waals surface area contributed by atoms with E-state index in [1.54, 1.807) is 23.4 Å². The van der Waals surface area contributed by atoms with E-state index < -0.39 is 4.84 Å². The van der Waals surface area contributed by atoms with Crippen LogP contribution >= 0.6 is 23.2 Å². The van der Waals surface area contributed by atoms with Crippen LogP contribution in [0.1, 0.15) is 0 Å². The van der Waals surface area contributed by atoms with Gasteiger partial charge in [-0.25, -0.2) is 9.97 Å². The van der Waals surface area contributed by atoms with Crippen LogP contribution in [0.2, 0.25) is 0 Å². The summed E-state index contributed by atoms with van der Waals surface area (Å²) in [6.45, 7) is 2.36. The second kappa shape index (κ2) is 6.54. The molecule has 0 bridgehead atoms. The molecule has 1 aliphatic rings. The van der Waals surface area contributed by atoms with Crippen LogP contribution < -0.4 is 4.90 Å². The van der Waals surface area contributed by atoms with Crippen molar-refractivity contribution in [3.05, 3.63) is 30.7 Å². The Morgan fingerprint density at radius 3 is 2.64 bits per heavy atom. The van der Waals surface area contributed by atoms with Crippen LogP contribution in [-0.4, -0.2) is 51.8 Å². The van der Waals surface area contributed by atoms with Crippen molar-refractivity contribution in [2.24, 2.45) is 0 Å². The fourth-order valence-corrected chi connectivity index (χ4v) is 2.60. The molecule has 2 aromatic heterocycles. The number of carbonyl (C=O) groups excluding carboxylic acids is 1. The lowest BCUT2D eigenvalue weighted by molar-refractivity contribution is -0.129. The van der Waals surface area contributed by atoms with Gasteiger partial charge in [0, 0.05) is 32.4 Å². The van der Waals surface area contributed by atoms with Crippen molar-refractivity contribution < 1.29 is 9.21 Å². The van der Waals surface area contributed by atoms with Crippen LogP contribution in [0.3, 0.4) is 0 Å². The lowest BCUT2D eigenvalue weighted by atomic mass is 10.3. The van der Waals surface area contributed by atoms with E-state index in [9.17, 15) is 4.79 Å². The Hall–Kier alpha value is -1.79. The van der Waals surface area contributed by atoms with Crippen molar-refractivity contribution >= 4 is 35.1 Å². The summed E-state index contributed by atoms with van der Waals surface area (Å²) >= 11 is 11.2. The Morgan fingerprint density at radius 2 is 2.00 bits per heavy atom. The summed E-state index contributed by atoms with van der Waals surface area (Å²) in [5.74, 6) is 1.06. The van der Waals surface area contributed by atoms with Crippen LogP contribution in [0.25, 0.3) is 11.5 Å². The van der Waals surface area contributed by atoms with E-state index >= 15 is 0 Å². The third-order valence-electron chi connectivity index (χ3n) is 3.48. The molecule has 1 aliphatic heterocycles. The van der Waals surface area contributed by atoms with E-state index in [1.165, 1.54) is 0 Å². The topological polar surface area (TPSA) is 62.5 Å². The molecule has 0 saturated carbocycles. The first-order valence-corrected chi connectivity index (χ1v) is 7.71. The fourth-order valence-electron chi connectivity index (χ4n) is 2.33. The molecule has 0 radical (unpaired) electrons. The molecule has 22 heavy (non-hydrogen) atoms. The van der Waals surface area contributed by atoms with E-state index in [4.69, 9.17) is 27.6 Å². The molecule has 3 heterocycles. The van der Waals surface area contributed by atoms with Crippen molar-refractivity contribution in [2.75, 3.05) is 31.1 Å². The predicted octanol–water partition coefficient (Wildman–Crippen LogP) is 2.19. The Morgan fingerprint density at radius 1 is 1.23 bits per heavy atom. The molecule has 0 spiro atoms. The number of aromatic nitrogens is 2. The summed E-state index contributed by atoms with van der Waals surface area (Å²) in [5, 5.41) is 0. The van der Waals surface area contributed by atoms with Crippen molar-refractivity contribution in [3.63, 3.8) is 0 Å². The molecule has 1 amide bonds. The number of furan rings is 1. The van der Waals surface area contributed by atoms with Crippen molar-refractivity contribution in [2.45, 2.75) is 4.84 Å². The molecular formula is C14H14Cl2N4O2. The molecule has 3 rings (SSSR count). The van der Waals surface area contributed by atoms with Gasteiger partial charge >= 0.3 is 0 Å². The fraction of sp³-hybridized carbons (Fsp3) is 0.357. The SMILES string of the molecule is O=C(C(Cl)Cl)N1CCN(c2nccc(-c3ccco3)n2)CC1. The average Bonchev–Trinajstić information content (AvgIpc) is 3.09. The van der Waals surface area contributed by atoms with Gasteiger partial charge in [-0.1, -0.05) is 23.2 Å². The van der Waals surface area contributed by atoms with Gasteiger partial charge in [-0.05, 0) is 18.2 Å². The molecule has 1 saturated heterocycles. The van der Waals surface area contributed by atoms with Gasteiger partial charge in [-0.2, -0.15) is 0 Å². The highest BCUT2D eigenvalue weighted by Crippen LogP contribution is 2.20. The van der Waals surface area contributed by atoms with E-state index in [-0.39, 0.29) is 5.91 Å². The molecule has 0 N–H and O–H groups in total. The van der Waals surface area contributed by atoms with E-state index in [2.05, 4.69) is 9.97 Å². The number of rotatable bonds is 3. The zero-order valence-electron chi connectivity index (χ0n) is 11.7. The Labute approximate surface area is 137 Å². The number of halogens is 2. The Bertz CT molecular complexity index is 640. The molecular weight excluding hydrogens is 327 g/mol. The Kier molecular flexibility index (Phi) is 4.49. The summed E-state index contributed by atoms with van der Waals surface area (Å²) in [5.41, 5.74) is 0.732. The number of anilines is 1. The molecule has 6 nitrogen and oxygen atoms in total. The predicted molar refractivity (Wildman–Crippen MR) is 84.0 cm³/mol. The largest absolute Gasteiger partial charge is 0.463 e. The molecule has 0 aromatic carbocycles. The van der Waals surface area contributed by atoms with Crippen LogP contribution in [0, 0.1) is 0 Å². The second-order valence-electron chi connectivity index (χ2n) is 4.83. The minimum Gasteiger partial charge on any atom is -0.463 e. The second-order valence-corrected chi connectivity index (χ2v) is 5.93. The normalized spacial score (nSPS) is 15.4. The summed E-state index contributed by atoms with van der Waals surface area (Å²) in [4.78, 5) is 23.2. The van der Waals surface area contributed by atoms with Gasteiger partial charge in [0.1, 0.15) is 5.69 Å². The van der Waals surface area contributed by atoms with Gasteiger partial charge in [0.2, 0.25) is 5.95 Å². The van der Waals surface area contributed by atoms with Gasteiger partial charge in [0.25, 0.3) is 5.91 Å². The van der Waals surface area contributed by atoms with Crippen LogP contribution in [0.15, 0.2) is 35.1 Å². The average molecular weight is 341 g/mol. The summed E-state index contributed by atoms with van der Waals surface area (Å²) in [6.07, 6.45) is 3.31. The highest BCUT2D eigenvalue weighted by molar-refractivity contribution is 6.53. The van der Waals surface area contributed by atoms with Crippen molar-refractivity contribution in [1.29, 1.82) is 0 Å². The lowest BCUT2D eigenvalue weighted by Gasteiger charge is -2.35. The summed E-state index contributed by atoms with van der Waals surface area (Å²) in [7, 11) is 0. The molecule has 8 heteroatoms. The van der Waals surface area contributed by atoms with Crippen molar-refractivity contribution in [3.8, 4) is 11.5 Å². The Balaban J connectivity index is 1.69. The van der Waals surface area contributed by atoms with Crippen LogP contribution in [0.5, 0.6) is 0 Å². The van der Waals surface area contributed by atoms with E-state index in [0.717, 1.165) is 5.69 Å². The van der Waals surface area contributed by atoms with Gasteiger partial charge in [0.15, 0.2) is 10.6 Å². The summed E-state index contributed by atoms with van der Waals surface area (Å²) < 4.78 is 5.35. The quantitative estimate of drug-likeness (QED) is 0.801. The van der Waals surface area contributed by atoms with Crippen LogP contribution in [-0.2, 0) is 4.79 Å². The molecule has 0 unspecified atom stereocenters. The maximum absolute atomic E-state index is 11.8. The molecule has 1 fully saturated rings. The molecule has 0 aliphatic carbocycles. The summed E-state index contributed by atoms with van der Waals surface area (Å²) in [6, 6.07) is 5.47.